The first kappa shape index (κ1) is 19.1. The maximum atomic E-state index is 12.5. The molecule has 144 valence electrons. The number of esters is 1. The monoisotopic (exact) mass is 372 g/mol. The highest BCUT2D eigenvalue weighted by molar-refractivity contribution is 6.22. The Kier molecular flexibility index (Phi) is 5.30. The van der Waals surface area contributed by atoms with E-state index in [9.17, 15) is 19.2 Å². The normalized spacial score (nSPS) is 23.2. The van der Waals surface area contributed by atoms with Gasteiger partial charge < -0.3 is 9.64 Å². The molecule has 2 aliphatic rings. The summed E-state index contributed by atoms with van der Waals surface area (Å²) in [6, 6.07) is 5.54. The summed E-state index contributed by atoms with van der Waals surface area (Å²) in [6.07, 6.45) is 2.92. The zero-order chi connectivity index (χ0) is 19.7. The molecule has 2 heterocycles. The van der Waals surface area contributed by atoms with Gasteiger partial charge in [-0.3, -0.25) is 19.3 Å². The fourth-order valence-corrected chi connectivity index (χ4v) is 3.91. The smallest absolute Gasteiger partial charge is 0.329 e. The molecule has 0 aromatic heterocycles. The lowest BCUT2D eigenvalue weighted by atomic mass is 9.97. The molecule has 1 saturated heterocycles. The second kappa shape index (κ2) is 7.50. The predicted molar refractivity (Wildman–Crippen MR) is 97.0 cm³/mol. The Labute approximate surface area is 158 Å². The van der Waals surface area contributed by atoms with E-state index < -0.39 is 23.8 Å². The maximum Gasteiger partial charge on any atom is 0.329 e. The molecule has 1 aromatic rings. The number of nitrogens with zero attached hydrogens (tertiary/aromatic N) is 2. The molecule has 0 aliphatic carbocycles. The van der Waals surface area contributed by atoms with Gasteiger partial charge >= 0.3 is 5.97 Å². The van der Waals surface area contributed by atoms with Crippen molar-refractivity contribution in [1.29, 1.82) is 0 Å². The van der Waals surface area contributed by atoms with Gasteiger partial charge in [-0.15, -0.1) is 0 Å². The van der Waals surface area contributed by atoms with E-state index >= 15 is 0 Å². The maximum absolute atomic E-state index is 12.5. The van der Waals surface area contributed by atoms with Crippen molar-refractivity contribution in [2.45, 2.75) is 58.2 Å². The van der Waals surface area contributed by atoms with Crippen LogP contribution in [-0.4, -0.2) is 58.2 Å². The molecule has 27 heavy (non-hydrogen) atoms. The van der Waals surface area contributed by atoms with E-state index in [-0.39, 0.29) is 35.7 Å². The fourth-order valence-electron chi connectivity index (χ4n) is 3.91. The number of rotatable bonds is 4. The number of hydrogen-bond donors (Lipinski definition) is 0. The number of carbonyl (C=O) groups is 4. The minimum absolute atomic E-state index is 0.105. The van der Waals surface area contributed by atoms with Crippen molar-refractivity contribution in [2.24, 2.45) is 0 Å². The molecular weight excluding hydrogens is 348 g/mol. The van der Waals surface area contributed by atoms with Crippen LogP contribution in [-0.2, 0) is 14.3 Å². The number of imide groups is 1. The van der Waals surface area contributed by atoms with Gasteiger partial charge in [0.15, 0.2) is 6.61 Å². The van der Waals surface area contributed by atoms with E-state index in [2.05, 4.69) is 0 Å². The first-order valence-electron chi connectivity index (χ1n) is 9.27. The molecule has 0 radical (unpaired) electrons. The van der Waals surface area contributed by atoms with Crippen LogP contribution in [0.25, 0.3) is 0 Å². The number of hydrogen-bond acceptors (Lipinski definition) is 5. The Hall–Kier alpha value is -2.70. The quantitative estimate of drug-likeness (QED) is 0.596. The summed E-state index contributed by atoms with van der Waals surface area (Å²) >= 11 is 0. The average Bonchev–Trinajstić information content (AvgIpc) is 2.90. The van der Waals surface area contributed by atoms with Gasteiger partial charge in [-0.05, 0) is 52.2 Å². The van der Waals surface area contributed by atoms with Crippen LogP contribution in [0.5, 0.6) is 0 Å². The van der Waals surface area contributed by atoms with Crippen LogP contribution in [0.3, 0.4) is 0 Å². The summed E-state index contributed by atoms with van der Waals surface area (Å²) in [5, 5.41) is 0. The van der Waals surface area contributed by atoms with Crippen LogP contribution in [0.2, 0.25) is 0 Å². The van der Waals surface area contributed by atoms with Gasteiger partial charge in [0.05, 0.1) is 11.1 Å². The molecule has 0 spiro atoms. The highest BCUT2D eigenvalue weighted by atomic mass is 16.5. The summed E-state index contributed by atoms with van der Waals surface area (Å²) in [4.78, 5) is 52.4. The third kappa shape index (κ3) is 3.46. The topological polar surface area (TPSA) is 84.0 Å². The van der Waals surface area contributed by atoms with Gasteiger partial charge in [-0.2, -0.15) is 0 Å². The lowest BCUT2D eigenvalue weighted by molar-refractivity contribution is -0.157. The van der Waals surface area contributed by atoms with E-state index in [0.29, 0.717) is 0 Å². The molecule has 0 N–H and O–H groups in total. The number of amides is 3. The molecule has 2 aliphatic heterocycles. The molecule has 7 heteroatoms. The predicted octanol–water partition coefficient (Wildman–Crippen LogP) is 2.00. The molecule has 1 fully saturated rings. The third-order valence-corrected chi connectivity index (χ3v) is 5.37. The SMILES string of the molecule is C[C@H](C(=O)OCC(=O)N1[C@H](C)CCC[C@H]1C)N1C(=O)c2ccccc2C1=O. The minimum Gasteiger partial charge on any atom is -0.454 e. The van der Waals surface area contributed by atoms with Crippen molar-refractivity contribution >= 4 is 23.7 Å². The molecule has 7 nitrogen and oxygen atoms in total. The molecule has 3 amide bonds. The molecule has 0 unspecified atom stereocenters. The molecule has 0 saturated carbocycles. The van der Waals surface area contributed by atoms with E-state index in [0.717, 1.165) is 24.2 Å². The van der Waals surface area contributed by atoms with Gasteiger partial charge in [0.2, 0.25) is 0 Å². The molecule has 3 atom stereocenters. The zero-order valence-electron chi connectivity index (χ0n) is 15.8. The highest BCUT2D eigenvalue weighted by Crippen LogP contribution is 2.25. The number of likely N-dealkylation sites (tertiary alicyclic amines) is 1. The van der Waals surface area contributed by atoms with Crippen LogP contribution in [0.1, 0.15) is 60.7 Å². The Balaban J connectivity index is 1.62. The first-order valence-corrected chi connectivity index (χ1v) is 9.27. The van der Waals surface area contributed by atoms with Crippen LogP contribution in [0.15, 0.2) is 24.3 Å². The van der Waals surface area contributed by atoms with Crippen LogP contribution >= 0.6 is 0 Å². The lowest BCUT2D eigenvalue weighted by Gasteiger charge is -2.39. The molecular formula is C20H24N2O5. The van der Waals surface area contributed by atoms with Gasteiger partial charge in [0, 0.05) is 12.1 Å². The van der Waals surface area contributed by atoms with Gasteiger partial charge in [0.1, 0.15) is 6.04 Å². The summed E-state index contributed by atoms with van der Waals surface area (Å²) in [5.41, 5.74) is 0.545. The van der Waals surface area contributed by atoms with E-state index in [1.54, 1.807) is 29.2 Å². The largest absolute Gasteiger partial charge is 0.454 e. The van der Waals surface area contributed by atoms with Crippen LogP contribution in [0.4, 0.5) is 0 Å². The first-order chi connectivity index (χ1) is 12.8. The summed E-state index contributed by atoms with van der Waals surface area (Å²) < 4.78 is 5.15. The summed E-state index contributed by atoms with van der Waals surface area (Å²) in [6.45, 7) is 5.01. The summed E-state index contributed by atoms with van der Waals surface area (Å²) in [5.74, 6) is -2.07. The highest BCUT2D eigenvalue weighted by Gasteiger charge is 2.41. The number of benzene rings is 1. The van der Waals surface area contributed by atoms with Crippen LogP contribution in [0, 0.1) is 0 Å². The zero-order valence-corrected chi connectivity index (χ0v) is 15.8. The summed E-state index contributed by atoms with van der Waals surface area (Å²) in [7, 11) is 0. The molecule has 0 bridgehead atoms. The number of ether oxygens (including phenoxy) is 1. The van der Waals surface area contributed by atoms with Gasteiger partial charge in [-0.25, -0.2) is 4.79 Å². The Morgan fingerprint density at radius 2 is 1.59 bits per heavy atom. The third-order valence-electron chi connectivity index (χ3n) is 5.37. The second-order valence-electron chi connectivity index (χ2n) is 7.24. The van der Waals surface area contributed by atoms with E-state index in [1.807, 2.05) is 13.8 Å². The van der Waals surface area contributed by atoms with Crippen molar-refractivity contribution in [3.8, 4) is 0 Å². The molecule has 1 aromatic carbocycles. The van der Waals surface area contributed by atoms with E-state index in [4.69, 9.17) is 4.74 Å². The van der Waals surface area contributed by atoms with E-state index in [1.165, 1.54) is 6.92 Å². The number of piperidine rings is 1. The number of fused-ring (bicyclic) bond motifs is 1. The van der Waals surface area contributed by atoms with Crippen LogP contribution < -0.4 is 0 Å². The fraction of sp³-hybridized carbons (Fsp3) is 0.500. The second-order valence-corrected chi connectivity index (χ2v) is 7.24. The van der Waals surface area contributed by atoms with Crippen molar-refractivity contribution in [3.05, 3.63) is 35.4 Å². The number of carbonyl (C=O) groups excluding carboxylic acids is 4. The van der Waals surface area contributed by atoms with Crippen molar-refractivity contribution in [1.82, 2.24) is 9.80 Å². The molecule has 3 rings (SSSR count). The minimum atomic E-state index is -1.10. The van der Waals surface area contributed by atoms with Gasteiger partial charge in [-0.1, -0.05) is 12.1 Å². The average molecular weight is 372 g/mol. The Morgan fingerprint density at radius 1 is 1.07 bits per heavy atom. The van der Waals surface area contributed by atoms with Crippen molar-refractivity contribution in [2.75, 3.05) is 6.61 Å². The Morgan fingerprint density at radius 3 is 2.11 bits per heavy atom. The van der Waals surface area contributed by atoms with Crippen molar-refractivity contribution < 1.29 is 23.9 Å². The Bertz CT molecular complexity index is 745. The van der Waals surface area contributed by atoms with Crippen molar-refractivity contribution in [3.63, 3.8) is 0 Å². The standard InChI is InChI=1S/C20H24N2O5/c1-12-7-6-8-13(2)21(12)17(23)11-27-20(26)14(3)22-18(24)15-9-4-5-10-16(15)19(22)25/h4-5,9-10,12-14H,6-8,11H2,1-3H3/t12-,13-,14-/m1/s1. The van der Waals surface area contributed by atoms with Gasteiger partial charge in [0.25, 0.3) is 17.7 Å². The lowest BCUT2D eigenvalue weighted by Crippen LogP contribution is -2.50.